The topological polar surface area (TPSA) is 68.2 Å². The minimum Gasteiger partial charge on any atom is -0.507 e. The summed E-state index contributed by atoms with van der Waals surface area (Å²) in [5, 5.41) is 19.8. The van der Waals surface area contributed by atoms with Crippen LogP contribution in [-0.4, -0.2) is 10.2 Å². The zero-order valence-electron chi connectivity index (χ0n) is 10.3. The predicted molar refractivity (Wildman–Crippen MR) is 85.3 cm³/mol. The van der Waals surface area contributed by atoms with Crippen molar-refractivity contribution < 1.29 is 22.5 Å². The lowest BCUT2D eigenvalue weighted by molar-refractivity contribution is -0.0494. The predicted octanol–water partition coefficient (Wildman–Crippen LogP) is 3.96. The van der Waals surface area contributed by atoms with E-state index in [2.05, 4.69) is 16.1 Å². The molecule has 0 saturated heterocycles. The van der Waals surface area contributed by atoms with Gasteiger partial charge in [0.25, 0.3) is 0 Å². The Balaban J connectivity index is 2.55. The molecule has 0 saturated carbocycles. The van der Waals surface area contributed by atoms with Crippen LogP contribution in [0.3, 0.4) is 0 Å². The van der Waals surface area contributed by atoms with Crippen LogP contribution in [-0.2, 0) is 3.22 Å². The van der Waals surface area contributed by atoms with Crippen molar-refractivity contribution in [3.8, 4) is 34.1 Å². The van der Waals surface area contributed by atoms with Crippen molar-refractivity contribution in [3.63, 3.8) is 0 Å². The molecule has 2 rings (SSSR count). The van der Waals surface area contributed by atoms with E-state index < -0.39 is 0 Å². The largest absolute Gasteiger partial charge is 0.507 e. The molecule has 5 nitrogen and oxygen atoms in total. The molecular weight excluding hydrogens is 395 g/mol. The van der Waals surface area contributed by atoms with Gasteiger partial charge in [0.15, 0.2) is 28.8 Å². The fourth-order valence-electron chi connectivity index (χ4n) is 1.85. The van der Waals surface area contributed by atoms with Gasteiger partial charge >= 0.3 is 0 Å². The van der Waals surface area contributed by atoms with Gasteiger partial charge in [-0.25, -0.2) is 0 Å². The summed E-state index contributed by atoms with van der Waals surface area (Å²) in [5.41, 5.74) is 1.96. The van der Waals surface area contributed by atoms with E-state index in [1.165, 1.54) is 12.1 Å². The van der Waals surface area contributed by atoms with Crippen LogP contribution >= 0.6 is 35.9 Å². The molecule has 0 aliphatic rings. The van der Waals surface area contributed by atoms with Gasteiger partial charge in [0.1, 0.15) is 11.5 Å². The number of phenols is 2. The van der Waals surface area contributed by atoms with Gasteiger partial charge in [-0.3, -0.25) is 0 Å². The molecule has 2 aromatic carbocycles. The molecule has 0 aliphatic carbocycles. The third kappa shape index (κ3) is 3.05. The second kappa shape index (κ2) is 6.42. The van der Waals surface area contributed by atoms with E-state index in [0.29, 0.717) is 16.9 Å². The Bertz CT molecular complexity index is 632. The summed E-state index contributed by atoms with van der Waals surface area (Å²) in [6.07, 6.45) is 0. The molecule has 0 amide bonds. The van der Waals surface area contributed by atoms with Crippen molar-refractivity contribution in [1.29, 1.82) is 0 Å². The molecule has 0 fully saturated rings. The first kappa shape index (κ1) is 15.1. The molecule has 0 aliphatic heterocycles. The van der Waals surface area contributed by atoms with Crippen molar-refractivity contribution in [3.05, 3.63) is 35.9 Å². The molecule has 0 unspecified atom stereocenters. The highest BCUT2D eigenvalue weighted by molar-refractivity contribution is 14.1. The lowest BCUT2D eigenvalue weighted by Crippen LogP contribution is -1.91. The average Bonchev–Trinajstić information content (AvgIpc) is 2.43. The van der Waals surface area contributed by atoms with Crippen LogP contribution in [0.25, 0.3) is 11.1 Å². The quantitative estimate of drug-likeness (QED) is 0.236. The maximum absolute atomic E-state index is 9.95. The Hall–Kier alpha value is -1.32. The van der Waals surface area contributed by atoms with E-state index in [1.54, 1.807) is 41.2 Å². The van der Waals surface area contributed by atoms with Gasteiger partial charge in [-0.1, -0.05) is 0 Å². The number of aryl methyl sites for hydroxylation is 1. The number of thiol groups is 1. The lowest BCUT2D eigenvalue weighted by atomic mass is 9.98. The number of benzene rings is 2. The Morgan fingerprint density at radius 3 is 2.45 bits per heavy atom. The summed E-state index contributed by atoms with van der Waals surface area (Å²) in [6, 6.07) is 7.80. The molecule has 0 spiro atoms. The highest BCUT2D eigenvalue weighted by atomic mass is 127. The van der Waals surface area contributed by atoms with Crippen LogP contribution in [0.4, 0.5) is 0 Å². The molecule has 0 radical (unpaired) electrons. The molecule has 20 heavy (non-hydrogen) atoms. The third-order valence-corrected chi connectivity index (χ3v) is 3.18. The normalized spacial score (nSPS) is 10.3. The zero-order valence-corrected chi connectivity index (χ0v) is 13.4. The van der Waals surface area contributed by atoms with E-state index in [9.17, 15) is 10.2 Å². The monoisotopic (exact) mass is 406 g/mol. The minimum atomic E-state index is -0.0983. The maximum Gasteiger partial charge on any atom is 0.208 e. The van der Waals surface area contributed by atoms with Crippen LogP contribution in [0.1, 0.15) is 5.56 Å². The Labute approximate surface area is 135 Å². The highest BCUT2D eigenvalue weighted by Gasteiger charge is 2.14. The third-order valence-electron chi connectivity index (χ3n) is 2.79. The van der Waals surface area contributed by atoms with E-state index in [4.69, 9.17) is 9.07 Å². The van der Waals surface area contributed by atoms with E-state index in [0.717, 1.165) is 5.56 Å². The molecule has 0 aromatic heterocycles. The minimum absolute atomic E-state index is 0.0699. The summed E-state index contributed by atoms with van der Waals surface area (Å²) < 4.78 is 9.34. The summed E-state index contributed by atoms with van der Waals surface area (Å²) in [6.45, 7) is 1.82. The number of aromatic hydroxyl groups is 2. The highest BCUT2D eigenvalue weighted by Crippen LogP contribution is 2.40. The lowest BCUT2D eigenvalue weighted by Gasteiger charge is -2.12. The van der Waals surface area contributed by atoms with Crippen molar-refractivity contribution in [1.82, 2.24) is 0 Å². The molecule has 2 N–H and O–H groups in total. The molecule has 106 valence electrons. The van der Waals surface area contributed by atoms with Crippen molar-refractivity contribution in [2.45, 2.75) is 6.92 Å². The number of rotatable bonds is 4. The maximum atomic E-state index is 9.95. The fraction of sp³-hybridized carbons (Fsp3) is 0.0769. The van der Waals surface area contributed by atoms with Gasteiger partial charge < -0.3 is 19.3 Å². The Morgan fingerprint density at radius 2 is 1.80 bits per heavy atom. The Morgan fingerprint density at radius 1 is 1.05 bits per heavy atom. The molecule has 0 bridgehead atoms. The van der Waals surface area contributed by atoms with Gasteiger partial charge in [0.2, 0.25) is 5.75 Å². The fourth-order valence-corrected chi connectivity index (χ4v) is 2.16. The smallest absolute Gasteiger partial charge is 0.208 e. The first-order valence-electron chi connectivity index (χ1n) is 5.50. The van der Waals surface area contributed by atoms with Gasteiger partial charge in [-0.2, -0.15) is 0 Å². The van der Waals surface area contributed by atoms with Gasteiger partial charge in [0.05, 0.1) is 0 Å². The first-order valence-corrected chi connectivity index (χ1v) is 6.75. The van der Waals surface area contributed by atoms with Gasteiger partial charge in [-0.05, 0) is 48.4 Å². The molecule has 0 atom stereocenters. The zero-order chi connectivity index (χ0) is 14.7. The average molecular weight is 406 g/mol. The molecule has 0 heterocycles. The summed E-state index contributed by atoms with van der Waals surface area (Å²) in [4.78, 5) is 4.82. The second-order valence-electron chi connectivity index (χ2n) is 4.05. The van der Waals surface area contributed by atoms with Crippen LogP contribution in [0.15, 0.2) is 30.3 Å². The first-order chi connectivity index (χ1) is 9.56. The van der Waals surface area contributed by atoms with Crippen LogP contribution in [0, 0.1) is 6.92 Å². The number of hydrogen-bond donors (Lipinski definition) is 3. The standard InChI is InChI=1S/C13H11IO5S/c1-7-4-13(17-19-14)12(16)6-9(7)10-5-8(18-20)2-3-11(10)15/h2-6,15-16,20H,1H3. The van der Waals surface area contributed by atoms with E-state index >= 15 is 0 Å². The summed E-state index contributed by atoms with van der Waals surface area (Å²) in [5.74, 6) is 0.650. The van der Waals surface area contributed by atoms with Gasteiger partial charge in [0, 0.05) is 18.5 Å². The van der Waals surface area contributed by atoms with Crippen LogP contribution in [0.5, 0.6) is 23.0 Å². The molecule has 7 heteroatoms. The van der Waals surface area contributed by atoms with E-state index in [1.807, 2.05) is 6.92 Å². The number of phenolic OH excluding ortho intramolecular Hbond substituents is 2. The summed E-state index contributed by atoms with van der Waals surface area (Å²) in [7, 11) is 0. The van der Waals surface area contributed by atoms with E-state index in [-0.39, 0.29) is 17.2 Å². The van der Waals surface area contributed by atoms with Crippen LogP contribution < -0.4 is 9.07 Å². The number of halogens is 1. The SMILES string of the molecule is Cc1cc(OOI)c(O)cc1-c1cc(OS)ccc1O. The van der Waals surface area contributed by atoms with Crippen LogP contribution in [0.2, 0.25) is 0 Å². The molecular formula is C13H11IO5S. The molecule has 2 aromatic rings. The van der Waals surface area contributed by atoms with Gasteiger partial charge in [-0.15, -0.1) is 3.22 Å². The summed E-state index contributed by atoms with van der Waals surface area (Å²) >= 11 is 5.28. The van der Waals surface area contributed by atoms with Crippen molar-refractivity contribution in [2.24, 2.45) is 0 Å². The van der Waals surface area contributed by atoms with Crippen molar-refractivity contribution in [2.75, 3.05) is 0 Å². The second-order valence-corrected chi connectivity index (χ2v) is 4.59. The Kier molecular flexibility index (Phi) is 4.84. The van der Waals surface area contributed by atoms with Crippen molar-refractivity contribution >= 4 is 35.9 Å². The number of hydrogen-bond acceptors (Lipinski definition) is 6.